The average molecular weight is 270 g/mol. The molecular formula is C10H8BrNOS. The number of rotatable bonds is 1. The number of thioether (sulfide) groups is 1. The van der Waals surface area contributed by atoms with E-state index in [4.69, 9.17) is 0 Å². The summed E-state index contributed by atoms with van der Waals surface area (Å²) in [6.45, 7) is 0. The molecule has 0 spiro atoms. The van der Waals surface area contributed by atoms with Gasteiger partial charge in [0.05, 0.1) is 6.04 Å². The Bertz CT molecular complexity index is 401. The zero-order valence-electron chi connectivity index (χ0n) is 7.37. The Hall–Kier alpha value is -0.570. The summed E-state index contributed by atoms with van der Waals surface area (Å²) >= 11 is 5.24. The van der Waals surface area contributed by atoms with Gasteiger partial charge in [-0.15, -0.1) is 11.8 Å². The van der Waals surface area contributed by atoms with E-state index in [1.807, 2.05) is 23.9 Å². The van der Waals surface area contributed by atoms with Crippen LogP contribution in [-0.4, -0.2) is 11.8 Å². The second-order valence-electron chi connectivity index (χ2n) is 3.06. The second-order valence-corrected chi connectivity index (χ2v) is 5.11. The average Bonchev–Trinajstić information content (AvgIpc) is 2.18. The summed E-state index contributed by atoms with van der Waals surface area (Å²) in [4.78, 5) is 15.3. The van der Waals surface area contributed by atoms with Gasteiger partial charge in [-0.25, -0.2) is 4.79 Å². The van der Waals surface area contributed by atoms with Crippen LogP contribution in [0.15, 0.2) is 32.6 Å². The number of halogens is 1. The third-order valence-corrected chi connectivity index (χ3v) is 3.79. The van der Waals surface area contributed by atoms with E-state index in [0.717, 1.165) is 22.2 Å². The number of nitrogens with zero attached hydrogens (tertiary/aromatic N) is 1. The fraction of sp³-hybridized carbons (Fsp3) is 0.300. The lowest BCUT2D eigenvalue weighted by Crippen LogP contribution is -2.04. The van der Waals surface area contributed by atoms with Crippen LogP contribution in [0.3, 0.4) is 0 Å². The number of hydrogen-bond acceptors (Lipinski definition) is 3. The lowest BCUT2D eigenvalue weighted by Gasteiger charge is -2.20. The first-order valence-electron chi connectivity index (χ1n) is 4.30. The Morgan fingerprint density at radius 2 is 2.43 bits per heavy atom. The minimum absolute atomic E-state index is 0.0110. The fourth-order valence-electron chi connectivity index (χ4n) is 1.54. The monoisotopic (exact) mass is 269 g/mol. The van der Waals surface area contributed by atoms with Crippen molar-refractivity contribution in [2.24, 2.45) is 4.99 Å². The second kappa shape index (κ2) is 4.30. The minimum atomic E-state index is 0.0110. The molecule has 0 amide bonds. The summed E-state index contributed by atoms with van der Waals surface area (Å²) < 4.78 is 1.07. The van der Waals surface area contributed by atoms with Crippen molar-refractivity contribution >= 4 is 33.8 Å². The third kappa shape index (κ3) is 1.92. The molecule has 2 rings (SSSR count). The molecule has 0 aliphatic carbocycles. The van der Waals surface area contributed by atoms with Crippen LogP contribution >= 0.6 is 27.7 Å². The van der Waals surface area contributed by atoms with Gasteiger partial charge < -0.3 is 0 Å². The molecule has 72 valence electrons. The molecule has 0 N–H and O–H groups in total. The molecule has 1 aromatic carbocycles. The molecule has 0 aromatic heterocycles. The van der Waals surface area contributed by atoms with Gasteiger partial charge in [0, 0.05) is 15.1 Å². The van der Waals surface area contributed by atoms with Gasteiger partial charge in [0.1, 0.15) is 0 Å². The van der Waals surface area contributed by atoms with Crippen molar-refractivity contribution < 1.29 is 4.79 Å². The Kier molecular flexibility index (Phi) is 3.06. The molecule has 4 heteroatoms. The van der Waals surface area contributed by atoms with Crippen LogP contribution in [0.2, 0.25) is 0 Å². The quantitative estimate of drug-likeness (QED) is 0.578. The molecule has 0 saturated heterocycles. The predicted molar refractivity (Wildman–Crippen MR) is 60.3 cm³/mol. The maximum absolute atomic E-state index is 10.2. The van der Waals surface area contributed by atoms with E-state index >= 15 is 0 Å². The molecule has 1 unspecified atom stereocenters. The minimum Gasteiger partial charge on any atom is -0.211 e. The largest absolute Gasteiger partial charge is 0.235 e. The number of isocyanates is 1. The molecule has 1 aliphatic heterocycles. The fourth-order valence-corrected chi connectivity index (χ4v) is 3.20. The standard InChI is InChI=1S/C10H8BrNOS/c11-7-1-2-8-9(12-6-13)3-4-14-10(8)5-7/h1-2,5,9H,3-4H2. The molecule has 0 bridgehead atoms. The maximum atomic E-state index is 10.2. The van der Waals surface area contributed by atoms with E-state index in [9.17, 15) is 4.79 Å². The van der Waals surface area contributed by atoms with Crippen molar-refractivity contribution in [3.63, 3.8) is 0 Å². The molecule has 1 aliphatic rings. The molecule has 2 nitrogen and oxygen atoms in total. The van der Waals surface area contributed by atoms with Gasteiger partial charge >= 0.3 is 0 Å². The molecule has 0 fully saturated rings. The molecule has 1 atom stereocenters. The van der Waals surface area contributed by atoms with Crippen molar-refractivity contribution in [2.45, 2.75) is 17.4 Å². The number of carbonyl (C=O) groups excluding carboxylic acids is 1. The summed E-state index contributed by atoms with van der Waals surface area (Å²) in [5, 5.41) is 0. The number of benzene rings is 1. The van der Waals surface area contributed by atoms with Crippen molar-refractivity contribution in [2.75, 3.05) is 5.75 Å². The Morgan fingerprint density at radius 1 is 1.57 bits per heavy atom. The van der Waals surface area contributed by atoms with Gasteiger partial charge in [-0.2, -0.15) is 4.99 Å². The Balaban J connectivity index is 2.44. The van der Waals surface area contributed by atoms with Gasteiger partial charge in [-0.3, -0.25) is 0 Å². The van der Waals surface area contributed by atoms with Gasteiger partial charge in [0.2, 0.25) is 6.08 Å². The highest BCUT2D eigenvalue weighted by molar-refractivity contribution is 9.10. The van der Waals surface area contributed by atoms with Gasteiger partial charge in [0.25, 0.3) is 0 Å². The summed E-state index contributed by atoms with van der Waals surface area (Å²) in [6, 6.07) is 6.10. The predicted octanol–water partition coefficient (Wildman–Crippen LogP) is 3.32. The zero-order valence-corrected chi connectivity index (χ0v) is 9.77. The topological polar surface area (TPSA) is 29.4 Å². The van der Waals surface area contributed by atoms with Crippen LogP contribution in [0.25, 0.3) is 0 Å². The van der Waals surface area contributed by atoms with Crippen molar-refractivity contribution in [3.8, 4) is 0 Å². The van der Waals surface area contributed by atoms with E-state index < -0.39 is 0 Å². The van der Waals surface area contributed by atoms with Crippen molar-refractivity contribution in [1.29, 1.82) is 0 Å². The first kappa shape index (κ1) is 9.97. The van der Waals surface area contributed by atoms with Crippen molar-refractivity contribution in [1.82, 2.24) is 0 Å². The number of hydrogen-bond donors (Lipinski definition) is 0. The molecule has 14 heavy (non-hydrogen) atoms. The van der Waals surface area contributed by atoms with Gasteiger partial charge in [0.15, 0.2) is 0 Å². The highest BCUT2D eigenvalue weighted by Gasteiger charge is 2.19. The van der Waals surface area contributed by atoms with E-state index in [-0.39, 0.29) is 6.04 Å². The first-order valence-corrected chi connectivity index (χ1v) is 6.08. The Labute approximate surface area is 94.9 Å². The Morgan fingerprint density at radius 3 is 3.21 bits per heavy atom. The smallest absolute Gasteiger partial charge is 0.211 e. The van der Waals surface area contributed by atoms with Crippen LogP contribution in [0, 0.1) is 0 Å². The summed E-state index contributed by atoms with van der Waals surface area (Å²) in [7, 11) is 0. The number of fused-ring (bicyclic) bond motifs is 1. The third-order valence-electron chi connectivity index (χ3n) is 2.19. The summed E-state index contributed by atoms with van der Waals surface area (Å²) in [5.74, 6) is 1.01. The van der Waals surface area contributed by atoms with Crippen LogP contribution in [0.5, 0.6) is 0 Å². The van der Waals surface area contributed by atoms with E-state index in [2.05, 4.69) is 27.0 Å². The summed E-state index contributed by atoms with van der Waals surface area (Å²) in [6.07, 6.45) is 2.57. The van der Waals surface area contributed by atoms with Crippen LogP contribution in [0.1, 0.15) is 18.0 Å². The number of aliphatic imine (C=N–C) groups is 1. The van der Waals surface area contributed by atoms with E-state index in [1.54, 1.807) is 6.08 Å². The zero-order chi connectivity index (χ0) is 9.97. The highest BCUT2D eigenvalue weighted by atomic mass is 79.9. The molecule has 0 saturated carbocycles. The van der Waals surface area contributed by atoms with Gasteiger partial charge in [-0.05, 0) is 24.1 Å². The highest BCUT2D eigenvalue weighted by Crippen LogP contribution is 2.39. The molecule has 1 heterocycles. The molecule has 1 aromatic rings. The summed E-state index contributed by atoms with van der Waals surface area (Å²) in [5.41, 5.74) is 1.15. The van der Waals surface area contributed by atoms with Crippen LogP contribution < -0.4 is 0 Å². The first-order chi connectivity index (χ1) is 6.81. The molecular weight excluding hydrogens is 262 g/mol. The normalized spacial score (nSPS) is 19.6. The van der Waals surface area contributed by atoms with Gasteiger partial charge in [-0.1, -0.05) is 22.0 Å². The van der Waals surface area contributed by atoms with Crippen LogP contribution in [0.4, 0.5) is 0 Å². The lowest BCUT2D eigenvalue weighted by atomic mass is 10.0. The molecule has 0 radical (unpaired) electrons. The van der Waals surface area contributed by atoms with E-state index in [0.29, 0.717) is 0 Å². The maximum Gasteiger partial charge on any atom is 0.235 e. The van der Waals surface area contributed by atoms with E-state index in [1.165, 1.54) is 4.90 Å². The van der Waals surface area contributed by atoms with Crippen LogP contribution in [-0.2, 0) is 4.79 Å². The SMILES string of the molecule is O=C=NC1CCSc2cc(Br)ccc21. The lowest BCUT2D eigenvalue weighted by molar-refractivity contribution is 0.555. The van der Waals surface area contributed by atoms with Crippen molar-refractivity contribution in [3.05, 3.63) is 28.2 Å².